The second kappa shape index (κ2) is 17.4. The van der Waals surface area contributed by atoms with Crippen LogP contribution in [0, 0.1) is 0 Å². The summed E-state index contributed by atoms with van der Waals surface area (Å²) in [5, 5.41) is 7.45. The third-order valence-corrected chi connectivity index (χ3v) is 13.9. The van der Waals surface area contributed by atoms with Gasteiger partial charge in [-0.15, -0.1) is 0 Å². The molecule has 0 spiro atoms. The number of anilines is 3. The molecule has 0 aliphatic rings. The third-order valence-electron chi connectivity index (χ3n) is 13.9. The topological polar surface area (TPSA) is 8.17 Å². The Hall–Kier alpha value is -9.24. The van der Waals surface area contributed by atoms with Gasteiger partial charge in [0.25, 0.3) is 0 Å². The molecule has 1 aromatic heterocycles. The normalized spacial score (nSPS) is 11.4. The molecule has 1 heterocycles. The lowest BCUT2D eigenvalue weighted by atomic mass is 9.84. The third kappa shape index (κ3) is 7.13. The van der Waals surface area contributed by atoms with Crippen LogP contribution in [0.15, 0.2) is 279 Å². The highest BCUT2D eigenvalue weighted by atomic mass is 15.1. The van der Waals surface area contributed by atoms with Crippen molar-refractivity contribution < 1.29 is 0 Å². The summed E-state index contributed by atoms with van der Waals surface area (Å²) < 4.78 is 2.43. The minimum Gasteiger partial charge on any atom is -0.310 e. The first-order valence-electron chi connectivity index (χ1n) is 24.1. The fourth-order valence-corrected chi connectivity index (χ4v) is 10.8. The summed E-state index contributed by atoms with van der Waals surface area (Å²) in [6, 6.07) is 102. The van der Waals surface area contributed by atoms with Crippen LogP contribution in [0.25, 0.3) is 105 Å². The second-order valence-corrected chi connectivity index (χ2v) is 18.0. The van der Waals surface area contributed by atoms with E-state index in [0.717, 1.165) is 39.4 Å². The van der Waals surface area contributed by atoms with Gasteiger partial charge in [0.1, 0.15) is 0 Å². The lowest BCUT2D eigenvalue weighted by Crippen LogP contribution is -2.10. The van der Waals surface area contributed by atoms with Crippen molar-refractivity contribution in [3.8, 4) is 61.3 Å². The fourth-order valence-electron chi connectivity index (χ4n) is 10.8. The Labute approximate surface area is 408 Å². The fraction of sp³-hybridized carbons (Fsp3) is 0. The van der Waals surface area contributed by atoms with Crippen LogP contribution in [-0.4, -0.2) is 4.57 Å². The van der Waals surface area contributed by atoms with Gasteiger partial charge in [-0.2, -0.15) is 0 Å². The highest BCUT2D eigenvalue weighted by Crippen LogP contribution is 2.47. The lowest BCUT2D eigenvalue weighted by Gasteiger charge is -2.27. The number of hydrogen-bond acceptors (Lipinski definition) is 1. The van der Waals surface area contributed by atoms with Crippen LogP contribution in [0.3, 0.4) is 0 Å². The minimum atomic E-state index is 1.07. The molecule has 0 aliphatic heterocycles. The average molecular weight is 891 g/mol. The molecule has 70 heavy (non-hydrogen) atoms. The van der Waals surface area contributed by atoms with Crippen molar-refractivity contribution in [1.29, 1.82) is 0 Å². The van der Waals surface area contributed by atoms with Gasteiger partial charge in [-0.05, 0) is 132 Å². The van der Waals surface area contributed by atoms with Crippen molar-refractivity contribution in [3.63, 3.8) is 0 Å². The maximum atomic E-state index is 2.43. The Bertz CT molecular complexity index is 4020. The Morgan fingerprint density at radius 2 is 0.700 bits per heavy atom. The van der Waals surface area contributed by atoms with Crippen LogP contribution in [0.5, 0.6) is 0 Å². The molecule has 12 aromatic carbocycles. The van der Waals surface area contributed by atoms with Crippen LogP contribution in [-0.2, 0) is 0 Å². The number of rotatable bonds is 9. The van der Waals surface area contributed by atoms with E-state index >= 15 is 0 Å². The molecule has 0 unspecified atom stereocenters. The van der Waals surface area contributed by atoms with Gasteiger partial charge in [0.2, 0.25) is 0 Å². The Morgan fingerprint density at radius 1 is 0.243 bits per heavy atom. The van der Waals surface area contributed by atoms with Crippen LogP contribution < -0.4 is 4.90 Å². The van der Waals surface area contributed by atoms with Crippen LogP contribution in [0.1, 0.15) is 0 Å². The van der Waals surface area contributed by atoms with Gasteiger partial charge in [-0.1, -0.05) is 218 Å². The van der Waals surface area contributed by atoms with Crippen LogP contribution in [0.4, 0.5) is 17.1 Å². The summed E-state index contributed by atoms with van der Waals surface area (Å²) >= 11 is 0. The number of nitrogens with zero attached hydrogens (tertiary/aromatic N) is 2. The molecule has 2 nitrogen and oxygen atoms in total. The molecule has 0 saturated carbocycles. The van der Waals surface area contributed by atoms with E-state index in [9.17, 15) is 0 Å². The van der Waals surface area contributed by atoms with Gasteiger partial charge >= 0.3 is 0 Å². The van der Waals surface area contributed by atoms with Crippen molar-refractivity contribution in [2.45, 2.75) is 0 Å². The van der Waals surface area contributed by atoms with Gasteiger partial charge in [0.05, 0.1) is 11.0 Å². The largest absolute Gasteiger partial charge is 0.310 e. The van der Waals surface area contributed by atoms with E-state index in [1.54, 1.807) is 0 Å². The molecule has 0 saturated heterocycles. The molecule has 0 N–H and O–H groups in total. The highest BCUT2D eigenvalue weighted by Gasteiger charge is 2.21. The first-order valence-corrected chi connectivity index (χ1v) is 24.1. The molecule has 13 aromatic rings. The summed E-state index contributed by atoms with van der Waals surface area (Å²) in [5.74, 6) is 0. The molecule has 2 heteroatoms. The summed E-state index contributed by atoms with van der Waals surface area (Å²) in [7, 11) is 0. The first kappa shape index (κ1) is 41.0. The molecule has 0 amide bonds. The van der Waals surface area contributed by atoms with Crippen molar-refractivity contribution in [3.05, 3.63) is 279 Å². The van der Waals surface area contributed by atoms with Crippen LogP contribution in [0.2, 0.25) is 0 Å². The van der Waals surface area contributed by atoms with Crippen molar-refractivity contribution in [2.75, 3.05) is 4.90 Å². The Morgan fingerprint density at radius 3 is 1.39 bits per heavy atom. The molecule has 0 atom stereocenters. The maximum Gasteiger partial charge on any atom is 0.0619 e. The first-order chi connectivity index (χ1) is 34.7. The zero-order valence-electron chi connectivity index (χ0n) is 38.5. The summed E-state index contributed by atoms with van der Waals surface area (Å²) in [5.41, 5.74) is 18.7. The van der Waals surface area contributed by atoms with Gasteiger partial charge in [0, 0.05) is 39.1 Å². The molecule has 0 fully saturated rings. The SMILES string of the molecule is c1ccc(-c2ccc(N(c3cccc(-c4ccc5c(c4)c(-c4ccccc4)c(-c4ccccc4)c4ccccc45)c3)c3cccc(-c4cccc5c6ccccc6n(-c6ccccc6)c45)c3)cc2)cc1. The van der Waals surface area contributed by atoms with Gasteiger partial charge in [0.15, 0.2) is 0 Å². The smallest absolute Gasteiger partial charge is 0.0619 e. The monoisotopic (exact) mass is 890 g/mol. The summed E-state index contributed by atoms with van der Waals surface area (Å²) in [6.07, 6.45) is 0. The minimum absolute atomic E-state index is 1.07. The van der Waals surface area contributed by atoms with E-state index in [1.807, 2.05) is 0 Å². The van der Waals surface area contributed by atoms with Crippen molar-refractivity contribution >= 4 is 60.4 Å². The molecule has 0 aliphatic carbocycles. The molecular formula is C68H46N2. The van der Waals surface area contributed by atoms with Crippen molar-refractivity contribution in [2.24, 2.45) is 0 Å². The van der Waals surface area contributed by atoms with Gasteiger partial charge < -0.3 is 9.47 Å². The molecule has 0 bridgehead atoms. The van der Waals surface area contributed by atoms with E-state index in [0.29, 0.717) is 0 Å². The standard InChI is InChI=1S/C68H46N2/c1-5-20-47(21-6-1)48-38-41-55(42-39-48)69(57-31-18-27-53(45-57)58-35-19-36-63-61-33-15-16-37-65(61)70(68(58)63)54-28-11-4-12-29-54)56-30-17-26-51(44-56)52-40-43-60-59-32-13-14-34-62(59)66(49-22-7-2-8-23-49)67(64(60)46-52)50-24-9-3-10-25-50/h1-46H. The van der Waals surface area contributed by atoms with E-state index in [-0.39, 0.29) is 0 Å². The van der Waals surface area contributed by atoms with Crippen LogP contribution >= 0.6 is 0 Å². The molecule has 0 radical (unpaired) electrons. The average Bonchev–Trinajstić information content (AvgIpc) is 3.79. The Kier molecular flexibility index (Phi) is 10.2. The van der Waals surface area contributed by atoms with E-state index < -0.39 is 0 Å². The van der Waals surface area contributed by atoms with E-state index in [4.69, 9.17) is 0 Å². The zero-order chi connectivity index (χ0) is 46.4. The molecule has 13 rings (SSSR count). The predicted molar refractivity (Wildman–Crippen MR) is 298 cm³/mol. The predicted octanol–water partition coefficient (Wildman–Crippen LogP) is 18.9. The number of aromatic nitrogens is 1. The lowest BCUT2D eigenvalue weighted by molar-refractivity contribution is 1.18. The number of benzene rings is 12. The van der Waals surface area contributed by atoms with Gasteiger partial charge in [-0.25, -0.2) is 0 Å². The van der Waals surface area contributed by atoms with Gasteiger partial charge in [-0.3, -0.25) is 0 Å². The quantitative estimate of drug-likeness (QED) is 0.131. The van der Waals surface area contributed by atoms with Crippen molar-refractivity contribution in [1.82, 2.24) is 4.57 Å². The summed E-state index contributed by atoms with van der Waals surface area (Å²) in [4.78, 5) is 2.41. The highest BCUT2D eigenvalue weighted by molar-refractivity contribution is 6.22. The Balaban J connectivity index is 0.996. The zero-order valence-corrected chi connectivity index (χ0v) is 38.5. The number of fused-ring (bicyclic) bond motifs is 6. The second-order valence-electron chi connectivity index (χ2n) is 18.0. The summed E-state index contributed by atoms with van der Waals surface area (Å²) in [6.45, 7) is 0. The molecule has 328 valence electrons. The number of para-hydroxylation sites is 3. The maximum absolute atomic E-state index is 2.43. The molecular weight excluding hydrogens is 845 g/mol. The van der Waals surface area contributed by atoms with E-state index in [1.165, 1.54) is 82.3 Å². The number of hydrogen-bond donors (Lipinski definition) is 0. The van der Waals surface area contributed by atoms with E-state index in [2.05, 4.69) is 289 Å².